The van der Waals surface area contributed by atoms with E-state index in [-0.39, 0.29) is 11.3 Å². The van der Waals surface area contributed by atoms with Gasteiger partial charge in [-0.1, -0.05) is 36.4 Å². The summed E-state index contributed by atoms with van der Waals surface area (Å²) in [6.07, 6.45) is 0. The Morgan fingerprint density at radius 1 is 0.833 bits per heavy atom. The van der Waals surface area contributed by atoms with Gasteiger partial charge in [0.25, 0.3) is 5.91 Å². The number of nitrogens with two attached hydrogens (primary N) is 1. The van der Waals surface area contributed by atoms with Crippen molar-refractivity contribution in [3.8, 4) is 5.75 Å². The topological polar surface area (TPSA) is 63.0 Å². The second-order valence-corrected chi connectivity index (χ2v) is 4.19. The minimum absolute atomic E-state index is 0.0396. The van der Waals surface area contributed by atoms with Crippen LogP contribution in [0.25, 0.3) is 21.5 Å². The molecule has 0 saturated carbocycles. The molecule has 3 aromatic rings. The van der Waals surface area contributed by atoms with Crippen molar-refractivity contribution < 1.29 is 9.90 Å². The Bertz CT molecular complexity index is 778. The van der Waals surface area contributed by atoms with Crippen LogP contribution in [0.2, 0.25) is 0 Å². The molecule has 87 valence electrons. The van der Waals surface area contributed by atoms with Crippen molar-refractivity contribution in [2.24, 2.45) is 5.73 Å². The Balaban J connectivity index is 2.48. The number of fused-ring (bicyclic) bond motifs is 3. The zero-order valence-corrected chi connectivity index (χ0v) is 9.51. The summed E-state index contributed by atoms with van der Waals surface area (Å²) in [6, 6.07) is 14.7. The van der Waals surface area contributed by atoms with Crippen molar-refractivity contribution in [1.29, 1.82) is 0 Å². The molecule has 0 spiro atoms. The third kappa shape index (κ3) is 1.41. The molecule has 0 atom stereocenters. The monoisotopic (exact) mass is 236 g/mol. The van der Waals surface area contributed by atoms with Gasteiger partial charge in [-0.2, -0.15) is 0 Å². The second kappa shape index (κ2) is 3.74. The Hall–Kier alpha value is -2.55. The molecule has 3 heteroatoms. The summed E-state index contributed by atoms with van der Waals surface area (Å²) in [5, 5.41) is 15.6. The lowest BCUT2D eigenvalue weighted by atomic mass is 9.99. The first-order valence-electron chi connectivity index (χ1n) is 5.60. The fourth-order valence-electron chi connectivity index (χ4n) is 2.25. The SMILES string of the molecule is NC(=O)c1ccc2c(ccc3ccccc32)c1[O]. The number of hydrogen-bond acceptors (Lipinski definition) is 1. The van der Waals surface area contributed by atoms with E-state index >= 15 is 0 Å². The van der Waals surface area contributed by atoms with Gasteiger partial charge in [0.2, 0.25) is 0 Å². The van der Waals surface area contributed by atoms with Gasteiger partial charge in [-0.05, 0) is 28.3 Å². The number of rotatable bonds is 1. The predicted octanol–water partition coefficient (Wildman–Crippen LogP) is 3.24. The fourth-order valence-corrected chi connectivity index (χ4v) is 2.25. The molecule has 0 aliphatic carbocycles. The Labute approximate surface area is 103 Å². The van der Waals surface area contributed by atoms with Gasteiger partial charge in [0, 0.05) is 5.39 Å². The highest BCUT2D eigenvalue weighted by Gasteiger charge is 2.13. The molecule has 2 N–H and O–H groups in total. The zero-order chi connectivity index (χ0) is 12.7. The van der Waals surface area contributed by atoms with Gasteiger partial charge in [0.05, 0.1) is 5.56 Å². The average molecular weight is 236 g/mol. The van der Waals surface area contributed by atoms with E-state index in [1.807, 2.05) is 30.3 Å². The van der Waals surface area contributed by atoms with E-state index in [1.165, 1.54) is 6.07 Å². The van der Waals surface area contributed by atoms with E-state index in [1.54, 1.807) is 12.1 Å². The molecule has 3 aromatic carbocycles. The molecular weight excluding hydrogens is 226 g/mol. The molecule has 0 unspecified atom stereocenters. The lowest BCUT2D eigenvalue weighted by Crippen LogP contribution is -2.10. The highest BCUT2D eigenvalue weighted by Crippen LogP contribution is 2.33. The van der Waals surface area contributed by atoms with Crippen molar-refractivity contribution >= 4 is 27.5 Å². The third-order valence-electron chi connectivity index (χ3n) is 3.14. The first-order valence-corrected chi connectivity index (χ1v) is 5.60. The molecule has 0 bridgehead atoms. The summed E-state index contributed by atoms with van der Waals surface area (Å²) in [7, 11) is 0. The molecule has 0 heterocycles. The van der Waals surface area contributed by atoms with Gasteiger partial charge in [-0.25, -0.2) is 0 Å². The Kier molecular flexibility index (Phi) is 2.20. The number of carbonyl (C=O) groups excluding carboxylic acids is 1. The minimum atomic E-state index is -0.685. The van der Waals surface area contributed by atoms with Crippen LogP contribution in [-0.4, -0.2) is 5.91 Å². The first-order chi connectivity index (χ1) is 8.68. The molecule has 1 radical (unpaired) electrons. The molecule has 0 aliphatic rings. The minimum Gasteiger partial charge on any atom is -0.365 e. The molecule has 0 aliphatic heterocycles. The summed E-state index contributed by atoms with van der Waals surface area (Å²) in [6.45, 7) is 0. The summed E-state index contributed by atoms with van der Waals surface area (Å²) < 4.78 is 0. The van der Waals surface area contributed by atoms with E-state index in [0.29, 0.717) is 5.39 Å². The number of benzene rings is 3. The number of amides is 1. The van der Waals surface area contributed by atoms with Crippen LogP contribution in [0.15, 0.2) is 48.5 Å². The Morgan fingerprint density at radius 3 is 2.33 bits per heavy atom. The van der Waals surface area contributed by atoms with Crippen molar-refractivity contribution in [3.63, 3.8) is 0 Å². The lowest BCUT2D eigenvalue weighted by Gasteiger charge is -2.06. The van der Waals surface area contributed by atoms with Gasteiger partial charge in [0.15, 0.2) is 5.75 Å². The van der Waals surface area contributed by atoms with Crippen molar-refractivity contribution in [2.45, 2.75) is 0 Å². The molecule has 1 amide bonds. The highest BCUT2D eigenvalue weighted by atomic mass is 16.3. The van der Waals surface area contributed by atoms with Crippen LogP contribution in [0.5, 0.6) is 5.75 Å². The molecule has 3 rings (SSSR count). The van der Waals surface area contributed by atoms with Crippen LogP contribution >= 0.6 is 0 Å². The van der Waals surface area contributed by atoms with Crippen molar-refractivity contribution in [2.75, 3.05) is 0 Å². The largest absolute Gasteiger partial charge is 0.365 e. The molecule has 0 saturated heterocycles. The van der Waals surface area contributed by atoms with Gasteiger partial charge in [-0.15, -0.1) is 0 Å². The van der Waals surface area contributed by atoms with Crippen LogP contribution in [-0.2, 0) is 5.11 Å². The van der Waals surface area contributed by atoms with Crippen LogP contribution in [0.1, 0.15) is 10.4 Å². The van der Waals surface area contributed by atoms with Crippen LogP contribution in [0.3, 0.4) is 0 Å². The number of carbonyl (C=O) groups is 1. The highest BCUT2D eigenvalue weighted by molar-refractivity contribution is 6.12. The zero-order valence-electron chi connectivity index (χ0n) is 9.51. The summed E-state index contributed by atoms with van der Waals surface area (Å²) >= 11 is 0. The maximum atomic E-state index is 12.1. The molecular formula is C15H10NO2. The van der Waals surface area contributed by atoms with E-state index in [0.717, 1.165) is 16.2 Å². The summed E-state index contributed by atoms with van der Waals surface area (Å²) in [5.74, 6) is -0.985. The van der Waals surface area contributed by atoms with Crippen molar-refractivity contribution in [3.05, 3.63) is 54.1 Å². The van der Waals surface area contributed by atoms with E-state index < -0.39 is 5.91 Å². The maximum absolute atomic E-state index is 12.1. The second-order valence-electron chi connectivity index (χ2n) is 4.19. The maximum Gasteiger partial charge on any atom is 0.252 e. The number of primary amides is 1. The fraction of sp³-hybridized carbons (Fsp3) is 0. The lowest BCUT2D eigenvalue weighted by molar-refractivity contribution is 0.0996. The quantitative estimate of drug-likeness (QED) is 0.648. The van der Waals surface area contributed by atoms with Crippen LogP contribution < -0.4 is 5.73 Å². The van der Waals surface area contributed by atoms with E-state index in [9.17, 15) is 9.90 Å². The predicted molar refractivity (Wildman–Crippen MR) is 70.1 cm³/mol. The van der Waals surface area contributed by atoms with Gasteiger partial charge < -0.3 is 5.73 Å². The van der Waals surface area contributed by atoms with Crippen molar-refractivity contribution in [1.82, 2.24) is 0 Å². The molecule has 18 heavy (non-hydrogen) atoms. The summed E-state index contributed by atoms with van der Waals surface area (Å²) in [5.41, 5.74) is 5.22. The van der Waals surface area contributed by atoms with E-state index in [2.05, 4.69) is 0 Å². The van der Waals surface area contributed by atoms with Crippen LogP contribution in [0.4, 0.5) is 0 Å². The number of hydrogen-bond donors (Lipinski definition) is 1. The van der Waals surface area contributed by atoms with Gasteiger partial charge in [0.1, 0.15) is 0 Å². The molecule has 0 fully saturated rings. The average Bonchev–Trinajstić information content (AvgIpc) is 2.38. The van der Waals surface area contributed by atoms with E-state index in [4.69, 9.17) is 5.73 Å². The van der Waals surface area contributed by atoms with Gasteiger partial charge in [-0.3, -0.25) is 9.90 Å². The Morgan fingerprint density at radius 2 is 1.56 bits per heavy atom. The normalized spacial score (nSPS) is 10.9. The summed E-state index contributed by atoms with van der Waals surface area (Å²) in [4.78, 5) is 11.2. The third-order valence-corrected chi connectivity index (χ3v) is 3.14. The molecule has 3 nitrogen and oxygen atoms in total. The molecule has 0 aromatic heterocycles. The standard InChI is InChI=1S/C15H10NO2/c16-15(18)13-8-7-11-10-4-2-1-3-9(10)5-6-12(11)14(13)17/h1-8H,(H2,16,18). The first kappa shape index (κ1) is 10.6. The smallest absolute Gasteiger partial charge is 0.252 e. The van der Waals surface area contributed by atoms with Crippen LogP contribution in [0, 0.1) is 0 Å². The van der Waals surface area contributed by atoms with Gasteiger partial charge >= 0.3 is 0 Å².